The van der Waals surface area contributed by atoms with Crippen molar-refractivity contribution in [3.8, 4) is 0 Å². The summed E-state index contributed by atoms with van der Waals surface area (Å²) in [5.74, 6) is 0. The summed E-state index contributed by atoms with van der Waals surface area (Å²) in [6, 6.07) is 23.4. The zero-order valence-electron chi connectivity index (χ0n) is 11.1. The summed E-state index contributed by atoms with van der Waals surface area (Å²) in [6.45, 7) is 4.82. The largest absolute Gasteiger partial charge is 0.0713 e. The van der Waals surface area contributed by atoms with E-state index in [1.54, 1.807) is 0 Å². The van der Waals surface area contributed by atoms with Crippen molar-refractivity contribution in [2.24, 2.45) is 0 Å². The number of hydrogen-bond donors (Lipinski definition) is 0. The van der Waals surface area contributed by atoms with Crippen molar-refractivity contribution in [3.63, 3.8) is 0 Å². The molecule has 2 heteroatoms. The standard InChI is InChI=1S/C16H20PSi/c1-18(2)14-13-17(15-9-5-3-6-10-15)16-11-7-4-8-12-16/h3-12H,13-14H2,1-2H3. The van der Waals surface area contributed by atoms with Crippen molar-refractivity contribution < 1.29 is 0 Å². The van der Waals surface area contributed by atoms with Crippen molar-refractivity contribution >= 4 is 27.3 Å². The summed E-state index contributed by atoms with van der Waals surface area (Å²) in [4.78, 5) is 0. The van der Waals surface area contributed by atoms with E-state index in [1.807, 2.05) is 0 Å². The Kier molecular flexibility index (Phi) is 5.16. The summed E-state index contributed by atoms with van der Waals surface area (Å²) in [5, 5.41) is 3.03. The van der Waals surface area contributed by atoms with Gasteiger partial charge in [-0.05, 0) is 24.7 Å². The van der Waals surface area contributed by atoms with Crippen LogP contribution in [0.5, 0.6) is 0 Å². The molecule has 1 radical (unpaired) electrons. The lowest BCUT2D eigenvalue weighted by atomic mass is 10.4. The van der Waals surface area contributed by atoms with Crippen molar-refractivity contribution in [1.82, 2.24) is 0 Å². The Morgan fingerprint density at radius 3 is 1.61 bits per heavy atom. The number of benzene rings is 2. The SMILES string of the molecule is C[Si](C)CCP(c1ccccc1)c1ccccc1. The Hall–Kier alpha value is -0.913. The highest BCUT2D eigenvalue weighted by Crippen LogP contribution is 2.34. The minimum absolute atomic E-state index is 0.128. The zero-order chi connectivity index (χ0) is 12.8. The first-order valence-corrected chi connectivity index (χ1v) is 10.7. The highest BCUT2D eigenvalue weighted by Gasteiger charge is 2.13. The third-order valence-electron chi connectivity index (χ3n) is 2.97. The van der Waals surface area contributed by atoms with E-state index in [0.29, 0.717) is 0 Å². The molecular weight excluding hydrogens is 251 g/mol. The van der Waals surface area contributed by atoms with Gasteiger partial charge in [-0.1, -0.05) is 79.8 Å². The van der Waals surface area contributed by atoms with Crippen LogP contribution >= 0.6 is 7.92 Å². The zero-order valence-corrected chi connectivity index (χ0v) is 13.0. The molecule has 0 atom stereocenters. The van der Waals surface area contributed by atoms with Crippen LogP contribution in [0, 0.1) is 0 Å². The maximum Gasteiger partial charge on any atom is 0.0416 e. The average Bonchev–Trinajstić information content (AvgIpc) is 2.41. The Labute approximate surface area is 113 Å². The van der Waals surface area contributed by atoms with E-state index in [1.165, 1.54) is 22.8 Å². The smallest absolute Gasteiger partial charge is 0.0416 e. The van der Waals surface area contributed by atoms with Gasteiger partial charge in [0.2, 0.25) is 0 Å². The monoisotopic (exact) mass is 271 g/mol. The lowest BCUT2D eigenvalue weighted by molar-refractivity contribution is 1.42. The minimum Gasteiger partial charge on any atom is -0.0713 e. The Balaban J connectivity index is 2.24. The van der Waals surface area contributed by atoms with Crippen molar-refractivity contribution in [2.75, 3.05) is 6.16 Å². The fraction of sp³-hybridized carbons (Fsp3) is 0.250. The van der Waals surface area contributed by atoms with E-state index in [-0.39, 0.29) is 16.7 Å². The Morgan fingerprint density at radius 1 is 0.778 bits per heavy atom. The molecule has 0 bridgehead atoms. The van der Waals surface area contributed by atoms with Gasteiger partial charge in [-0.25, -0.2) is 0 Å². The molecule has 0 N–H and O–H groups in total. The van der Waals surface area contributed by atoms with Crippen LogP contribution in [0.15, 0.2) is 60.7 Å². The van der Waals surface area contributed by atoms with Crippen LogP contribution < -0.4 is 10.6 Å². The highest BCUT2D eigenvalue weighted by molar-refractivity contribution is 7.73. The average molecular weight is 271 g/mol. The molecule has 2 aromatic rings. The van der Waals surface area contributed by atoms with E-state index in [2.05, 4.69) is 73.8 Å². The lowest BCUT2D eigenvalue weighted by Gasteiger charge is -2.19. The van der Waals surface area contributed by atoms with Gasteiger partial charge in [0.1, 0.15) is 0 Å². The summed E-state index contributed by atoms with van der Waals surface area (Å²) in [5.41, 5.74) is 0. The molecule has 2 aromatic carbocycles. The molecule has 0 aliphatic carbocycles. The quantitative estimate of drug-likeness (QED) is 0.572. The Morgan fingerprint density at radius 2 is 1.22 bits per heavy atom. The molecule has 0 amide bonds. The third-order valence-corrected chi connectivity index (χ3v) is 7.16. The highest BCUT2D eigenvalue weighted by atomic mass is 31.1. The maximum atomic E-state index is 2.41. The first kappa shape index (κ1) is 13.5. The molecule has 0 aliphatic rings. The Bertz CT molecular complexity index is 414. The molecule has 2 rings (SSSR count). The predicted molar refractivity (Wildman–Crippen MR) is 86.2 cm³/mol. The molecule has 0 aromatic heterocycles. The maximum absolute atomic E-state index is 2.41. The normalized spacial score (nSPS) is 11.1. The van der Waals surface area contributed by atoms with Crippen LogP contribution in [0.1, 0.15) is 0 Å². The van der Waals surface area contributed by atoms with Gasteiger partial charge in [0.15, 0.2) is 0 Å². The first-order chi connectivity index (χ1) is 8.77. The van der Waals surface area contributed by atoms with Gasteiger partial charge in [-0.2, -0.15) is 0 Å². The molecule has 0 saturated heterocycles. The van der Waals surface area contributed by atoms with Gasteiger partial charge < -0.3 is 0 Å². The van der Waals surface area contributed by atoms with Crippen LogP contribution in [-0.2, 0) is 0 Å². The fourth-order valence-electron chi connectivity index (χ4n) is 1.96. The van der Waals surface area contributed by atoms with Crippen LogP contribution in [0.3, 0.4) is 0 Å². The summed E-state index contributed by atoms with van der Waals surface area (Å²) in [7, 11) is -0.285. The molecule has 18 heavy (non-hydrogen) atoms. The summed E-state index contributed by atoms with van der Waals surface area (Å²) in [6.07, 6.45) is 1.34. The van der Waals surface area contributed by atoms with Crippen molar-refractivity contribution in [1.29, 1.82) is 0 Å². The van der Waals surface area contributed by atoms with Crippen molar-refractivity contribution in [3.05, 3.63) is 60.7 Å². The topological polar surface area (TPSA) is 0 Å². The van der Waals surface area contributed by atoms with Gasteiger partial charge in [0.05, 0.1) is 0 Å². The molecule has 0 unspecified atom stereocenters. The van der Waals surface area contributed by atoms with Crippen LogP contribution in [0.25, 0.3) is 0 Å². The van der Waals surface area contributed by atoms with Gasteiger partial charge in [-0.3, -0.25) is 0 Å². The second-order valence-corrected chi connectivity index (χ2v) is 10.0. The predicted octanol–water partition coefficient (Wildman–Crippen LogP) is 3.87. The van der Waals surface area contributed by atoms with E-state index in [0.717, 1.165) is 0 Å². The molecule has 0 fully saturated rings. The van der Waals surface area contributed by atoms with Crippen LogP contribution in [0.4, 0.5) is 0 Å². The molecule has 0 spiro atoms. The van der Waals surface area contributed by atoms with Gasteiger partial charge >= 0.3 is 0 Å². The fourth-order valence-corrected chi connectivity index (χ4v) is 6.52. The van der Waals surface area contributed by atoms with E-state index in [9.17, 15) is 0 Å². The summed E-state index contributed by atoms with van der Waals surface area (Å²) < 4.78 is 0. The number of rotatable bonds is 5. The van der Waals surface area contributed by atoms with Gasteiger partial charge in [0.25, 0.3) is 0 Å². The van der Waals surface area contributed by atoms with E-state index in [4.69, 9.17) is 0 Å². The number of hydrogen-bond acceptors (Lipinski definition) is 0. The molecular formula is C16H20PSi. The molecule has 0 saturated carbocycles. The van der Waals surface area contributed by atoms with Gasteiger partial charge in [0, 0.05) is 8.80 Å². The van der Waals surface area contributed by atoms with Crippen LogP contribution in [0.2, 0.25) is 19.1 Å². The van der Waals surface area contributed by atoms with Crippen molar-refractivity contribution in [2.45, 2.75) is 19.1 Å². The van der Waals surface area contributed by atoms with E-state index >= 15 is 0 Å². The first-order valence-electron chi connectivity index (χ1n) is 6.44. The second-order valence-electron chi connectivity index (χ2n) is 4.78. The molecule has 0 nitrogen and oxygen atoms in total. The molecule has 0 heterocycles. The van der Waals surface area contributed by atoms with Gasteiger partial charge in [-0.15, -0.1) is 0 Å². The van der Waals surface area contributed by atoms with Crippen LogP contribution in [-0.4, -0.2) is 15.0 Å². The third kappa shape index (κ3) is 3.80. The summed E-state index contributed by atoms with van der Waals surface area (Å²) >= 11 is 0. The lowest BCUT2D eigenvalue weighted by Crippen LogP contribution is -2.15. The molecule has 0 aliphatic heterocycles. The second kappa shape index (κ2) is 6.87. The minimum atomic E-state index is -0.158. The van der Waals surface area contributed by atoms with E-state index < -0.39 is 0 Å². The molecule has 93 valence electrons.